The monoisotopic (exact) mass is 329 g/mol. The number of nitrogen functional groups attached to an aromatic ring is 1. The zero-order valence-corrected chi connectivity index (χ0v) is 14.5. The quantitative estimate of drug-likeness (QED) is 0.494. The summed E-state index contributed by atoms with van der Waals surface area (Å²) in [6, 6.07) is 7.78. The second-order valence-corrected chi connectivity index (χ2v) is 6.19. The van der Waals surface area contributed by atoms with Crippen LogP contribution in [0.1, 0.15) is 37.7 Å². The van der Waals surface area contributed by atoms with Crippen molar-refractivity contribution in [2.75, 3.05) is 19.5 Å². The second-order valence-electron chi connectivity index (χ2n) is 6.19. The summed E-state index contributed by atoms with van der Waals surface area (Å²) < 4.78 is 0. The third-order valence-corrected chi connectivity index (χ3v) is 4.56. The van der Waals surface area contributed by atoms with E-state index in [1.54, 1.807) is 18.1 Å². The fourth-order valence-electron chi connectivity index (χ4n) is 3.06. The SMILES string of the molecule is C=NC(=CN(C)C(=O)N(C)C1CCCCC1)c1ccc(NN)cc1. The maximum absolute atomic E-state index is 12.6. The van der Waals surface area contributed by atoms with E-state index in [4.69, 9.17) is 5.84 Å². The standard InChI is InChI=1S/C18H27N5O/c1-20-17(14-9-11-15(21-19)12-10-14)13-22(2)18(24)23(3)16-7-5-4-6-8-16/h9-13,16,21H,1,4-8,19H2,2-3H3. The van der Waals surface area contributed by atoms with Crippen molar-refractivity contribution >= 4 is 24.1 Å². The van der Waals surface area contributed by atoms with Gasteiger partial charge in [0.25, 0.3) is 0 Å². The van der Waals surface area contributed by atoms with Gasteiger partial charge in [-0.15, -0.1) is 0 Å². The van der Waals surface area contributed by atoms with Crippen LogP contribution in [-0.4, -0.2) is 42.7 Å². The molecule has 2 amide bonds. The molecule has 0 unspecified atom stereocenters. The van der Waals surface area contributed by atoms with Crippen LogP contribution >= 0.6 is 0 Å². The van der Waals surface area contributed by atoms with Gasteiger partial charge in [-0.3, -0.25) is 10.8 Å². The van der Waals surface area contributed by atoms with Crippen LogP contribution in [0.5, 0.6) is 0 Å². The number of hydrazine groups is 1. The molecule has 3 N–H and O–H groups in total. The van der Waals surface area contributed by atoms with Crippen molar-refractivity contribution in [2.45, 2.75) is 38.1 Å². The Morgan fingerprint density at radius 1 is 1.25 bits per heavy atom. The Kier molecular flexibility index (Phi) is 6.37. The highest BCUT2D eigenvalue weighted by molar-refractivity contribution is 5.78. The molecule has 6 nitrogen and oxygen atoms in total. The van der Waals surface area contributed by atoms with E-state index in [9.17, 15) is 4.79 Å². The van der Waals surface area contributed by atoms with Crippen LogP contribution in [0.2, 0.25) is 0 Å². The number of nitrogens with zero attached hydrogens (tertiary/aromatic N) is 3. The molecule has 0 spiro atoms. The number of benzene rings is 1. The van der Waals surface area contributed by atoms with E-state index in [0.29, 0.717) is 11.7 Å². The van der Waals surface area contributed by atoms with E-state index in [0.717, 1.165) is 24.1 Å². The average molecular weight is 329 g/mol. The van der Waals surface area contributed by atoms with E-state index >= 15 is 0 Å². The molecule has 0 aliphatic heterocycles. The van der Waals surface area contributed by atoms with Gasteiger partial charge in [-0.1, -0.05) is 31.4 Å². The van der Waals surface area contributed by atoms with Crippen molar-refractivity contribution < 1.29 is 4.79 Å². The lowest BCUT2D eigenvalue weighted by atomic mass is 9.95. The smallest absolute Gasteiger partial charge is 0.323 e. The molecule has 130 valence electrons. The predicted molar refractivity (Wildman–Crippen MR) is 99.6 cm³/mol. The van der Waals surface area contributed by atoms with Gasteiger partial charge < -0.3 is 15.2 Å². The molecule has 1 aromatic rings. The Bertz CT molecular complexity index is 590. The molecule has 2 rings (SSSR count). The number of carbonyl (C=O) groups is 1. The van der Waals surface area contributed by atoms with Crippen molar-refractivity contribution in [3.05, 3.63) is 36.0 Å². The van der Waals surface area contributed by atoms with E-state index in [-0.39, 0.29) is 6.03 Å². The lowest BCUT2D eigenvalue weighted by Gasteiger charge is -2.33. The first kappa shape index (κ1) is 18.0. The molecular formula is C18H27N5O. The summed E-state index contributed by atoms with van der Waals surface area (Å²) >= 11 is 0. The third-order valence-electron chi connectivity index (χ3n) is 4.56. The maximum atomic E-state index is 12.6. The highest BCUT2D eigenvalue weighted by atomic mass is 16.2. The van der Waals surface area contributed by atoms with Crippen LogP contribution in [0.15, 0.2) is 35.5 Å². The first-order chi connectivity index (χ1) is 11.6. The lowest BCUT2D eigenvalue weighted by Crippen LogP contribution is -2.43. The fourth-order valence-corrected chi connectivity index (χ4v) is 3.06. The van der Waals surface area contributed by atoms with Gasteiger partial charge in [0.15, 0.2) is 0 Å². The summed E-state index contributed by atoms with van der Waals surface area (Å²) in [6.45, 7) is 3.62. The minimum absolute atomic E-state index is 0.0247. The summed E-state index contributed by atoms with van der Waals surface area (Å²) in [5, 5.41) is 0. The normalized spacial score (nSPS) is 15.7. The zero-order chi connectivity index (χ0) is 17.5. The van der Waals surface area contributed by atoms with E-state index in [1.165, 1.54) is 19.3 Å². The summed E-state index contributed by atoms with van der Waals surface area (Å²) in [5.74, 6) is 5.37. The van der Waals surface area contributed by atoms with Crippen LogP contribution in [-0.2, 0) is 0 Å². The van der Waals surface area contributed by atoms with Crippen molar-refractivity contribution in [1.82, 2.24) is 9.80 Å². The minimum atomic E-state index is -0.0247. The van der Waals surface area contributed by atoms with Gasteiger partial charge in [-0.05, 0) is 31.7 Å². The molecular weight excluding hydrogens is 302 g/mol. The number of aliphatic imine (C=N–C) groups is 1. The van der Waals surface area contributed by atoms with Crippen molar-refractivity contribution in [3.63, 3.8) is 0 Å². The van der Waals surface area contributed by atoms with Crippen molar-refractivity contribution in [3.8, 4) is 0 Å². The largest absolute Gasteiger partial charge is 0.324 e. The fraction of sp³-hybridized carbons (Fsp3) is 0.444. The van der Waals surface area contributed by atoms with Crippen LogP contribution in [0, 0.1) is 0 Å². The first-order valence-corrected chi connectivity index (χ1v) is 8.32. The molecule has 0 atom stereocenters. The maximum Gasteiger partial charge on any atom is 0.323 e. The highest BCUT2D eigenvalue weighted by Gasteiger charge is 2.23. The van der Waals surface area contributed by atoms with Crippen LogP contribution in [0.25, 0.3) is 5.70 Å². The number of hydrogen-bond acceptors (Lipinski definition) is 4. The molecule has 1 saturated carbocycles. The molecule has 0 saturated heterocycles. The van der Waals surface area contributed by atoms with Gasteiger partial charge in [-0.2, -0.15) is 0 Å². The Morgan fingerprint density at radius 3 is 2.42 bits per heavy atom. The van der Waals surface area contributed by atoms with E-state index < -0.39 is 0 Å². The number of carbonyl (C=O) groups excluding carboxylic acids is 1. The van der Waals surface area contributed by atoms with Crippen LogP contribution in [0.4, 0.5) is 10.5 Å². The van der Waals surface area contributed by atoms with E-state index in [1.807, 2.05) is 36.2 Å². The number of anilines is 1. The topological polar surface area (TPSA) is 74.0 Å². The van der Waals surface area contributed by atoms with Crippen LogP contribution < -0.4 is 11.3 Å². The summed E-state index contributed by atoms with van der Waals surface area (Å²) in [7, 11) is 3.63. The zero-order valence-electron chi connectivity index (χ0n) is 14.5. The molecule has 1 fully saturated rings. The number of urea groups is 1. The molecule has 0 radical (unpaired) electrons. The Hall–Kier alpha value is -2.34. The number of hydrogen-bond donors (Lipinski definition) is 2. The van der Waals surface area contributed by atoms with Gasteiger partial charge in [-0.25, -0.2) is 4.79 Å². The van der Waals surface area contributed by atoms with Crippen molar-refractivity contribution in [2.24, 2.45) is 10.8 Å². The van der Waals surface area contributed by atoms with Crippen molar-refractivity contribution in [1.29, 1.82) is 0 Å². The number of nitrogens with two attached hydrogens (primary N) is 1. The minimum Gasteiger partial charge on any atom is -0.324 e. The average Bonchev–Trinajstić information content (AvgIpc) is 2.65. The Balaban J connectivity index is 2.10. The number of nitrogens with one attached hydrogen (secondary N) is 1. The second kappa shape index (κ2) is 8.49. The molecule has 0 aromatic heterocycles. The molecule has 1 aromatic carbocycles. The summed E-state index contributed by atoms with van der Waals surface area (Å²) in [6.07, 6.45) is 7.55. The Morgan fingerprint density at radius 2 is 1.88 bits per heavy atom. The number of rotatable bonds is 5. The van der Waals surface area contributed by atoms with Gasteiger partial charge in [0, 0.05) is 37.6 Å². The Labute approximate surface area is 144 Å². The summed E-state index contributed by atoms with van der Waals surface area (Å²) in [4.78, 5) is 20.1. The summed E-state index contributed by atoms with van der Waals surface area (Å²) in [5.41, 5.74) is 4.92. The predicted octanol–water partition coefficient (Wildman–Crippen LogP) is 3.29. The van der Waals surface area contributed by atoms with Gasteiger partial charge in [0.2, 0.25) is 0 Å². The first-order valence-electron chi connectivity index (χ1n) is 8.32. The third kappa shape index (κ3) is 4.35. The molecule has 0 bridgehead atoms. The lowest BCUT2D eigenvalue weighted by molar-refractivity contribution is 0.154. The number of amides is 2. The molecule has 24 heavy (non-hydrogen) atoms. The van der Waals surface area contributed by atoms with Gasteiger partial charge >= 0.3 is 6.03 Å². The molecule has 0 heterocycles. The van der Waals surface area contributed by atoms with Crippen LogP contribution in [0.3, 0.4) is 0 Å². The van der Waals surface area contributed by atoms with Gasteiger partial charge in [0.05, 0.1) is 5.70 Å². The highest BCUT2D eigenvalue weighted by Crippen LogP contribution is 2.23. The van der Waals surface area contributed by atoms with Gasteiger partial charge in [0.1, 0.15) is 0 Å². The van der Waals surface area contributed by atoms with E-state index in [2.05, 4.69) is 17.1 Å². The molecule has 1 aliphatic carbocycles. The molecule has 1 aliphatic rings. The molecule has 6 heteroatoms.